The number of hydrogen-bond donors (Lipinski definition) is 1. The van der Waals surface area contributed by atoms with E-state index in [0.717, 1.165) is 27.0 Å². The van der Waals surface area contributed by atoms with Gasteiger partial charge in [0.2, 0.25) is 0 Å². The summed E-state index contributed by atoms with van der Waals surface area (Å²) in [4.78, 5) is 4.42. The van der Waals surface area contributed by atoms with Gasteiger partial charge in [-0.2, -0.15) is 5.10 Å². The molecule has 0 saturated carbocycles. The number of nitrogens with two attached hydrogens (primary N) is 1. The molecule has 18 heavy (non-hydrogen) atoms. The SMILES string of the molecule is COc1c(C)cnc(Cn2cc(Br)c(N)n2)c1C. The first-order valence-electron chi connectivity index (χ1n) is 5.50. The van der Waals surface area contributed by atoms with Crippen molar-refractivity contribution in [2.24, 2.45) is 0 Å². The zero-order valence-corrected chi connectivity index (χ0v) is 12.2. The lowest BCUT2D eigenvalue weighted by Gasteiger charge is -2.12. The largest absolute Gasteiger partial charge is 0.496 e. The molecule has 0 aliphatic heterocycles. The average molecular weight is 311 g/mol. The smallest absolute Gasteiger partial charge is 0.159 e. The van der Waals surface area contributed by atoms with Crippen LogP contribution in [-0.2, 0) is 6.54 Å². The molecule has 2 aromatic heterocycles. The normalized spacial score (nSPS) is 10.7. The fraction of sp³-hybridized carbons (Fsp3) is 0.333. The standard InChI is InChI=1S/C12H15BrN4O/c1-7-4-15-10(8(2)11(7)18-3)6-17-5-9(13)12(14)16-17/h4-5H,6H2,1-3H3,(H2,14,16). The van der Waals surface area contributed by atoms with E-state index < -0.39 is 0 Å². The van der Waals surface area contributed by atoms with Gasteiger partial charge in [-0.25, -0.2) is 0 Å². The van der Waals surface area contributed by atoms with Crippen molar-refractivity contribution in [2.75, 3.05) is 12.8 Å². The molecule has 5 nitrogen and oxygen atoms in total. The van der Waals surface area contributed by atoms with Gasteiger partial charge in [0.15, 0.2) is 5.82 Å². The molecule has 0 bridgehead atoms. The number of rotatable bonds is 3. The summed E-state index contributed by atoms with van der Waals surface area (Å²) in [5.41, 5.74) is 8.67. The van der Waals surface area contributed by atoms with E-state index in [4.69, 9.17) is 10.5 Å². The van der Waals surface area contributed by atoms with E-state index in [0.29, 0.717) is 12.4 Å². The second kappa shape index (κ2) is 4.97. The molecule has 0 spiro atoms. The number of anilines is 1. The summed E-state index contributed by atoms with van der Waals surface area (Å²) in [6.45, 7) is 4.54. The highest BCUT2D eigenvalue weighted by molar-refractivity contribution is 9.10. The minimum atomic E-state index is 0.478. The van der Waals surface area contributed by atoms with Gasteiger partial charge in [0.1, 0.15) is 5.75 Å². The number of halogens is 1. The Morgan fingerprint density at radius 2 is 2.17 bits per heavy atom. The molecule has 6 heteroatoms. The number of ether oxygens (including phenoxy) is 1. The lowest BCUT2D eigenvalue weighted by Crippen LogP contribution is -2.07. The van der Waals surface area contributed by atoms with Crippen LogP contribution >= 0.6 is 15.9 Å². The summed E-state index contributed by atoms with van der Waals surface area (Å²) in [6.07, 6.45) is 3.64. The number of nitrogen functional groups attached to an aromatic ring is 1. The third-order valence-corrected chi connectivity index (χ3v) is 3.42. The Kier molecular flexibility index (Phi) is 3.56. The summed E-state index contributed by atoms with van der Waals surface area (Å²) >= 11 is 3.33. The Morgan fingerprint density at radius 1 is 1.44 bits per heavy atom. The molecular weight excluding hydrogens is 296 g/mol. The van der Waals surface area contributed by atoms with Gasteiger partial charge in [-0.1, -0.05) is 0 Å². The van der Waals surface area contributed by atoms with Crippen molar-refractivity contribution < 1.29 is 4.74 Å². The summed E-state index contributed by atoms with van der Waals surface area (Å²) in [6, 6.07) is 0. The molecule has 0 aliphatic carbocycles. The first-order chi connectivity index (χ1) is 8.52. The van der Waals surface area contributed by atoms with E-state index in [-0.39, 0.29) is 0 Å². The first-order valence-corrected chi connectivity index (χ1v) is 6.29. The van der Waals surface area contributed by atoms with Crippen LogP contribution in [0, 0.1) is 13.8 Å². The molecule has 0 amide bonds. The molecule has 0 unspecified atom stereocenters. The van der Waals surface area contributed by atoms with E-state index in [9.17, 15) is 0 Å². The highest BCUT2D eigenvalue weighted by Crippen LogP contribution is 2.25. The fourth-order valence-electron chi connectivity index (χ4n) is 1.88. The van der Waals surface area contributed by atoms with Crippen molar-refractivity contribution in [3.8, 4) is 5.75 Å². The van der Waals surface area contributed by atoms with Crippen molar-refractivity contribution in [1.29, 1.82) is 0 Å². The van der Waals surface area contributed by atoms with Crippen LogP contribution in [0.25, 0.3) is 0 Å². The highest BCUT2D eigenvalue weighted by Gasteiger charge is 2.11. The number of aromatic nitrogens is 3. The molecule has 2 N–H and O–H groups in total. The lowest BCUT2D eigenvalue weighted by molar-refractivity contribution is 0.406. The van der Waals surface area contributed by atoms with Crippen molar-refractivity contribution in [1.82, 2.24) is 14.8 Å². The maximum absolute atomic E-state index is 5.69. The van der Waals surface area contributed by atoms with Gasteiger partial charge >= 0.3 is 0 Å². The third kappa shape index (κ3) is 2.33. The highest BCUT2D eigenvalue weighted by atomic mass is 79.9. The van der Waals surface area contributed by atoms with Crippen LogP contribution in [0.15, 0.2) is 16.9 Å². The van der Waals surface area contributed by atoms with E-state index in [2.05, 4.69) is 26.0 Å². The van der Waals surface area contributed by atoms with E-state index in [1.807, 2.05) is 26.2 Å². The molecule has 96 valence electrons. The van der Waals surface area contributed by atoms with Gasteiger partial charge in [0, 0.05) is 23.5 Å². The molecule has 0 radical (unpaired) electrons. The molecule has 0 fully saturated rings. The molecule has 2 aromatic rings. The van der Waals surface area contributed by atoms with Crippen LogP contribution in [0.5, 0.6) is 5.75 Å². The van der Waals surface area contributed by atoms with Crippen LogP contribution in [-0.4, -0.2) is 21.9 Å². The predicted octanol–water partition coefficient (Wildman–Crippen LogP) is 2.30. The minimum Gasteiger partial charge on any atom is -0.496 e. The second-order valence-electron chi connectivity index (χ2n) is 4.11. The number of methoxy groups -OCH3 is 1. The first kappa shape index (κ1) is 12.9. The van der Waals surface area contributed by atoms with Crippen molar-refractivity contribution in [3.63, 3.8) is 0 Å². The fourth-order valence-corrected chi connectivity index (χ4v) is 2.19. The van der Waals surface area contributed by atoms with Gasteiger partial charge < -0.3 is 10.5 Å². The van der Waals surface area contributed by atoms with Gasteiger partial charge in [-0.15, -0.1) is 0 Å². The zero-order valence-electron chi connectivity index (χ0n) is 10.6. The number of pyridine rings is 1. The van der Waals surface area contributed by atoms with Crippen molar-refractivity contribution in [3.05, 3.63) is 33.7 Å². The Labute approximate surface area is 114 Å². The summed E-state index contributed by atoms with van der Waals surface area (Å²) in [5.74, 6) is 1.35. The number of aryl methyl sites for hydroxylation is 1. The van der Waals surface area contributed by atoms with Crippen molar-refractivity contribution in [2.45, 2.75) is 20.4 Å². The van der Waals surface area contributed by atoms with Crippen LogP contribution < -0.4 is 10.5 Å². The summed E-state index contributed by atoms with van der Waals surface area (Å²) < 4.78 is 7.92. The average Bonchev–Trinajstić information content (AvgIpc) is 2.63. The predicted molar refractivity (Wildman–Crippen MR) is 73.7 cm³/mol. The van der Waals surface area contributed by atoms with E-state index >= 15 is 0 Å². The van der Waals surface area contributed by atoms with Crippen LogP contribution in [0.2, 0.25) is 0 Å². The van der Waals surface area contributed by atoms with Gasteiger partial charge in [-0.3, -0.25) is 9.67 Å². The molecule has 0 saturated heterocycles. The van der Waals surface area contributed by atoms with Gasteiger partial charge in [-0.05, 0) is 29.8 Å². The zero-order chi connectivity index (χ0) is 13.3. The third-order valence-electron chi connectivity index (χ3n) is 2.80. The molecule has 0 aromatic carbocycles. The molecule has 2 rings (SSSR count). The monoisotopic (exact) mass is 310 g/mol. The topological polar surface area (TPSA) is 66.0 Å². The maximum atomic E-state index is 5.69. The Bertz CT molecular complexity index is 560. The van der Waals surface area contributed by atoms with Crippen LogP contribution in [0.4, 0.5) is 5.82 Å². The van der Waals surface area contributed by atoms with E-state index in [1.54, 1.807) is 11.8 Å². The van der Waals surface area contributed by atoms with Crippen LogP contribution in [0.3, 0.4) is 0 Å². The van der Waals surface area contributed by atoms with Crippen LogP contribution in [0.1, 0.15) is 16.8 Å². The Hall–Kier alpha value is -1.56. The number of hydrogen-bond acceptors (Lipinski definition) is 4. The molecule has 0 aliphatic rings. The number of nitrogens with zero attached hydrogens (tertiary/aromatic N) is 3. The quantitative estimate of drug-likeness (QED) is 0.944. The maximum Gasteiger partial charge on any atom is 0.159 e. The Morgan fingerprint density at radius 3 is 2.72 bits per heavy atom. The lowest BCUT2D eigenvalue weighted by atomic mass is 10.1. The summed E-state index contributed by atoms with van der Waals surface area (Å²) in [5, 5.41) is 4.19. The Balaban J connectivity index is 2.35. The minimum absolute atomic E-state index is 0.478. The molecule has 0 atom stereocenters. The van der Waals surface area contributed by atoms with Gasteiger partial charge in [0.05, 0.1) is 23.8 Å². The molecule has 2 heterocycles. The second-order valence-corrected chi connectivity index (χ2v) is 4.96. The summed E-state index contributed by atoms with van der Waals surface area (Å²) in [7, 11) is 1.67. The van der Waals surface area contributed by atoms with Gasteiger partial charge in [0.25, 0.3) is 0 Å². The van der Waals surface area contributed by atoms with E-state index in [1.165, 1.54) is 0 Å². The van der Waals surface area contributed by atoms with Crippen molar-refractivity contribution >= 4 is 21.7 Å². The molecular formula is C12H15BrN4O.